The lowest BCUT2D eigenvalue weighted by Crippen LogP contribution is -2.44. The van der Waals surface area contributed by atoms with Crippen molar-refractivity contribution in [3.63, 3.8) is 0 Å². The summed E-state index contributed by atoms with van der Waals surface area (Å²) in [6.07, 6.45) is 1.90. The molecule has 0 aromatic carbocycles. The highest BCUT2D eigenvalue weighted by Crippen LogP contribution is 2.08. The predicted molar refractivity (Wildman–Crippen MR) is 69.5 cm³/mol. The first-order valence-electron chi connectivity index (χ1n) is 5.23. The zero-order valence-electron chi connectivity index (χ0n) is 10.2. The van der Waals surface area contributed by atoms with Gasteiger partial charge in [0.2, 0.25) is 5.91 Å². The third-order valence-corrected chi connectivity index (χ3v) is 4.58. The second kappa shape index (κ2) is 6.59. The molecule has 2 unspecified atom stereocenters. The lowest BCUT2D eigenvalue weighted by molar-refractivity contribution is -0.121. The van der Waals surface area contributed by atoms with Gasteiger partial charge >= 0.3 is 0 Å². The van der Waals surface area contributed by atoms with Crippen molar-refractivity contribution in [3.05, 3.63) is 0 Å². The van der Waals surface area contributed by atoms with Gasteiger partial charge in [0.25, 0.3) is 0 Å². The Balaban J connectivity index is 4.42. The van der Waals surface area contributed by atoms with E-state index in [1.165, 1.54) is 6.92 Å². The number of amides is 1. The Morgan fingerprint density at radius 2 is 1.81 bits per heavy atom. The predicted octanol–water partition coefficient (Wildman–Crippen LogP) is 1.35. The smallest absolute Gasteiger partial charge is 0.238 e. The Bertz CT molecular complexity index is 327. The summed E-state index contributed by atoms with van der Waals surface area (Å²) in [7, 11) is -3.31. The fraction of sp³-hybridized carbons (Fsp3) is 0.900. The summed E-state index contributed by atoms with van der Waals surface area (Å²) in [6.45, 7) is 5.52. The summed E-state index contributed by atoms with van der Waals surface area (Å²) >= 11 is 3.31. The summed E-state index contributed by atoms with van der Waals surface area (Å²) in [5.41, 5.74) is 0. The van der Waals surface area contributed by atoms with E-state index < -0.39 is 21.0 Å². The van der Waals surface area contributed by atoms with Crippen molar-refractivity contribution in [3.8, 4) is 0 Å². The van der Waals surface area contributed by atoms with Crippen LogP contribution in [-0.2, 0) is 14.6 Å². The summed E-state index contributed by atoms with van der Waals surface area (Å²) in [5.74, 6) is 0.0315. The number of rotatable bonds is 6. The van der Waals surface area contributed by atoms with Gasteiger partial charge in [-0.15, -0.1) is 0 Å². The molecule has 0 aromatic rings. The van der Waals surface area contributed by atoms with Gasteiger partial charge in [0, 0.05) is 17.6 Å². The van der Waals surface area contributed by atoms with Gasteiger partial charge in [-0.1, -0.05) is 29.8 Å². The van der Waals surface area contributed by atoms with Crippen LogP contribution < -0.4 is 5.32 Å². The molecule has 0 saturated carbocycles. The number of hydrogen-bond acceptors (Lipinski definition) is 3. The summed E-state index contributed by atoms with van der Waals surface area (Å²) in [4.78, 5) is 11.6. The van der Waals surface area contributed by atoms with Crippen molar-refractivity contribution in [2.75, 3.05) is 11.6 Å². The molecule has 0 spiro atoms. The maximum Gasteiger partial charge on any atom is 0.238 e. The molecule has 4 nitrogen and oxygen atoms in total. The van der Waals surface area contributed by atoms with E-state index in [4.69, 9.17) is 0 Å². The fourth-order valence-corrected chi connectivity index (χ4v) is 2.13. The molecule has 96 valence electrons. The minimum atomic E-state index is -3.31. The van der Waals surface area contributed by atoms with Crippen LogP contribution in [0.15, 0.2) is 0 Å². The second-order valence-electron chi connectivity index (χ2n) is 4.46. The minimum absolute atomic E-state index is 0.0169. The normalized spacial score (nSPS) is 15.9. The third kappa shape index (κ3) is 5.84. The van der Waals surface area contributed by atoms with Crippen LogP contribution in [0.4, 0.5) is 0 Å². The number of nitrogens with one attached hydrogen (secondary N) is 1. The first-order chi connectivity index (χ1) is 7.18. The average molecular weight is 314 g/mol. The molecular formula is C10H20BrNO3S. The summed E-state index contributed by atoms with van der Waals surface area (Å²) in [6, 6.07) is -0.0169. The van der Waals surface area contributed by atoms with E-state index in [1.807, 2.05) is 0 Å². The molecule has 0 bridgehead atoms. The standard InChI is InChI=1S/C10H20BrNO3S/c1-7(2)5-9(6-11)12-10(13)8(3)16(4,14)15/h7-9H,5-6H2,1-4H3,(H,12,13). The van der Waals surface area contributed by atoms with E-state index >= 15 is 0 Å². The second-order valence-corrected chi connectivity index (χ2v) is 7.47. The molecule has 0 aromatic heterocycles. The number of alkyl halides is 1. The van der Waals surface area contributed by atoms with Crippen molar-refractivity contribution in [1.29, 1.82) is 0 Å². The van der Waals surface area contributed by atoms with E-state index in [1.54, 1.807) is 0 Å². The maximum absolute atomic E-state index is 11.6. The monoisotopic (exact) mass is 313 g/mol. The first kappa shape index (κ1) is 15.9. The van der Waals surface area contributed by atoms with E-state index in [9.17, 15) is 13.2 Å². The van der Waals surface area contributed by atoms with Gasteiger partial charge in [0.1, 0.15) is 5.25 Å². The molecule has 2 atom stereocenters. The molecule has 0 saturated heterocycles. The topological polar surface area (TPSA) is 63.2 Å². The highest BCUT2D eigenvalue weighted by atomic mass is 79.9. The van der Waals surface area contributed by atoms with Crippen molar-refractivity contribution in [2.45, 2.75) is 38.5 Å². The first-order valence-corrected chi connectivity index (χ1v) is 8.31. The zero-order chi connectivity index (χ0) is 12.9. The van der Waals surface area contributed by atoms with Crippen LogP contribution in [0, 0.1) is 5.92 Å². The van der Waals surface area contributed by atoms with E-state index in [2.05, 4.69) is 35.1 Å². The van der Waals surface area contributed by atoms with Crippen LogP contribution in [0.2, 0.25) is 0 Å². The highest BCUT2D eigenvalue weighted by molar-refractivity contribution is 9.09. The van der Waals surface area contributed by atoms with Crippen LogP contribution in [0.3, 0.4) is 0 Å². The van der Waals surface area contributed by atoms with E-state index in [0.717, 1.165) is 12.7 Å². The number of halogens is 1. The van der Waals surface area contributed by atoms with Crippen molar-refractivity contribution >= 4 is 31.7 Å². The quantitative estimate of drug-likeness (QED) is 0.753. The molecule has 0 rings (SSSR count). The lowest BCUT2D eigenvalue weighted by atomic mass is 10.1. The van der Waals surface area contributed by atoms with Gasteiger partial charge in [-0.2, -0.15) is 0 Å². The van der Waals surface area contributed by atoms with Gasteiger partial charge in [0.15, 0.2) is 9.84 Å². The van der Waals surface area contributed by atoms with E-state index in [0.29, 0.717) is 11.2 Å². The molecule has 0 heterocycles. The van der Waals surface area contributed by atoms with Gasteiger partial charge in [-0.25, -0.2) is 8.42 Å². The molecule has 0 aliphatic rings. The fourth-order valence-electron chi connectivity index (χ4n) is 1.24. The lowest BCUT2D eigenvalue weighted by Gasteiger charge is -2.20. The van der Waals surface area contributed by atoms with Crippen LogP contribution in [0.5, 0.6) is 0 Å². The molecule has 1 N–H and O–H groups in total. The Kier molecular flexibility index (Phi) is 6.55. The summed E-state index contributed by atoms with van der Waals surface area (Å²) < 4.78 is 22.4. The molecular weight excluding hydrogens is 294 g/mol. The molecule has 16 heavy (non-hydrogen) atoms. The average Bonchev–Trinajstić information content (AvgIpc) is 2.13. The molecule has 6 heteroatoms. The third-order valence-electron chi connectivity index (χ3n) is 2.30. The Morgan fingerprint density at radius 3 is 2.12 bits per heavy atom. The van der Waals surface area contributed by atoms with Crippen LogP contribution in [0.25, 0.3) is 0 Å². The molecule has 0 aliphatic carbocycles. The molecule has 0 radical (unpaired) electrons. The molecule has 0 aliphatic heterocycles. The molecule has 0 fully saturated rings. The summed E-state index contributed by atoms with van der Waals surface area (Å²) in [5, 5.41) is 2.39. The molecule has 1 amide bonds. The zero-order valence-corrected chi connectivity index (χ0v) is 12.6. The van der Waals surface area contributed by atoms with Gasteiger partial charge < -0.3 is 5.32 Å². The van der Waals surface area contributed by atoms with Gasteiger partial charge in [0.05, 0.1) is 0 Å². The Labute approximate surface area is 106 Å². The number of hydrogen-bond donors (Lipinski definition) is 1. The van der Waals surface area contributed by atoms with Crippen LogP contribution in [0.1, 0.15) is 27.2 Å². The largest absolute Gasteiger partial charge is 0.351 e. The van der Waals surface area contributed by atoms with Crippen LogP contribution >= 0.6 is 15.9 Å². The number of carbonyl (C=O) groups is 1. The van der Waals surface area contributed by atoms with Crippen molar-refractivity contribution < 1.29 is 13.2 Å². The van der Waals surface area contributed by atoms with Crippen LogP contribution in [-0.4, -0.2) is 37.2 Å². The van der Waals surface area contributed by atoms with Crippen molar-refractivity contribution in [1.82, 2.24) is 5.32 Å². The van der Waals surface area contributed by atoms with Gasteiger partial charge in [-0.3, -0.25) is 4.79 Å². The number of sulfone groups is 1. The maximum atomic E-state index is 11.6. The SMILES string of the molecule is CC(C)CC(CBr)NC(=O)C(C)S(C)(=O)=O. The number of carbonyl (C=O) groups excluding carboxylic acids is 1. The van der Waals surface area contributed by atoms with Crippen molar-refractivity contribution in [2.24, 2.45) is 5.92 Å². The highest BCUT2D eigenvalue weighted by Gasteiger charge is 2.25. The minimum Gasteiger partial charge on any atom is -0.351 e. The van der Waals surface area contributed by atoms with Gasteiger partial charge in [-0.05, 0) is 19.3 Å². The Morgan fingerprint density at radius 1 is 1.31 bits per heavy atom. The van der Waals surface area contributed by atoms with E-state index in [-0.39, 0.29) is 6.04 Å². The Hall–Kier alpha value is -0.100.